The second kappa shape index (κ2) is 21.2. The van der Waals surface area contributed by atoms with Crippen LogP contribution in [0.2, 0.25) is 0 Å². The Morgan fingerprint density at radius 3 is 1.77 bits per heavy atom. The normalized spacial score (nSPS) is 13.4. The van der Waals surface area contributed by atoms with Crippen molar-refractivity contribution in [3.8, 4) is 0 Å². The van der Waals surface area contributed by atoms with E-state index in [9.17, 15) is 0 Å². The second-order valence-electron chi connectivity index (χ2n) is 8.02. The smallest absolute Gasteiger partial charge is 0.170 e. The lowest BCUT2D eigenvalue weighted by atomic mass is 9.85. The highest BCUT2D eigenvalue weighted by atomic mass is 16.7. The summed E-state index contributed by atoms with van der Waals surface area (Å²) in [5.41, 5.74) is 0. The van der Waals surface area contributed by atoms with Crippen molar-refractivity contribution in [3.63, 3.8) is 0 Å². The van der Waals surface area contributed by atoms with E-state index in [2.05, 4.69) is 26.8 Å². The molecule has 178 valence electrons. The van der Waals surface area contributed by atoms with Gasteiger partial charge < -0.3 is 18.9 Å². The van der Waals surface area contributed by atoms with Gasteiger partial charge in [0.25, 0.3) is 0 Å². The number of hydrogen-bond acceptors (Lipinski definition) is 4. The summed E-state index contributed by atoms with van der Waals surface area (Å²) in [5.74, 6) is -0.177. The first-order valence-corrected chi connectivity index (χ1v) is 12.3. The minimum Gasteiger partial charge on any atom is -0.502 e. The van der Waals surface area contributed by atoms with Gasteiger partial charge >= 0.3 is 0 Å². The Hall–Kier alpha value is -1.00. The average Bonchev–Trinajstić information content (AvgIpc) is 2.77. The van der Waals surface area contributed by atoms with E-state index in [0.29, 0.717) is 12.5 Å². The van der Waals surface area contributed by atoms with Crippen molar-refractivity contribution < 1.29 is 18.9 Å². The first-order valence-electron chi connectivity index (χ1n) is 12.3. The Bertz CT molecular complexity index is 402. The van der Waals surface area contributed by atoms with E-state index in [1.807, 2.05) is 12.3 Å². The molecule has 0 aromatic carbocycles. The van der Waals surface area contributed by atoms with Crippen molar-refractivity contribution in [2.45, 2.75) is 110 Å². The summed E-state index contributed by atoms with van der Waals surface area (Å²) < 4.78 is 23.2. The van der Waals surface area contributed by atoms with Crippen LogP contribution in [-0.2, 0) is 18.9 Å². The lowest BCUT2D eigenvalue weighted by Crippen LogP contribution is -2.42. The monoisotopic (exact) mass is 426 g/mol. The molecule has 4 heteroatoms. The van der Waals surface area contributed by atoms with Crippen LogP contribution in [0.3, 0.4) is 0 Å². The molecule has 0 aliphatic carbocycles. The molecule has 0 aromatic rings. The molecule has 0 saturated carbocycles. The highest BCUT2D eigenvalue weighted by molar-refractivity contribution is 4.81. The van der Waals surface area contributed by atoms with Gasteiger partial charge in [0.05, 0.1) is 25.7 Å². The van der Waals surface area contributed by atoms with Crippen LogP contribution < -0.4 is 0 Å². The molecule has 1 unspecified atom stereocenters. The Balaban J connectivity index is 4.74. The number of methoxy groups -OCH3 is 2. The molecule has 0 aliphatic rings. The summed E-state index contributed by atoms with van der Waals surface area (Å²) in [6.45, 7) is 7.93. The standard InChI is InChI=1S/C26H50O4/c1-6-9-12-13-14-15-18-25(19-16-23-29-21-10-7-2)26(27-4,28-5)20-17-24-30-22-11-8-3/h10-11,21-22,25H,6-9,12-20,23-24H2,1-5H3. The molecule has 30 heavy (non-hydrogen) atoms. The van der Waals surface area contributed by atoms with Crippen LogP contribution in [0.1, 0.15) is 104 Å². The number of hydrogen-bond donors (Lipinski definition) is 0. The third-order valence-corrected chi connectivity index (χ3v) is 5.68. The average molecular weight is 427 g/mol. The van der Waals surface area contributed by atoms with Crippen LogP contribution in [-0.4, -0.2) is 33.2 Å². The molecule has 0 rings (SSSR count). The van der Waals surface area contributed by atoms with Crippen LogP contribution in [0, 0.1) is 5.92 Å². The fraction of sp³-hybridized carbons (Fsp3) is 0.846. The molecular formula is C26H50O4. The molecule has 0 saturated heterocycles. The fourth-order valence-electron chi connectivity index (χ4n) is 3.86. The third-order valence-electron chi connectivity index (χ3n) is 5.68. The van der Waals surface area contributed by atoms with Gasteiger partial charge in [0, 0.05) is 26.6 Å². The Labute approximate surface area is 187 Å². The van der Waals surface area contributed by atoms with Gasteiger partial charge in [-0.15, -0.1) is 0 Å². The predicted octanol–water partition coefficient (Wildman–Crippen LogP) is 7.78. The van der Waals surface area contributed by atoms with Gasteiger partial charge in [-0.2, -0.15) is 0 Å². The predicted molar refractivity (Wildman–Crippen MR) is 127 cm³/mol. The molecule has 0 fully saturated rings. The summed E-state index contributed by atoms with van der Waals surface area (Å²) in [5, 5.41) is 0. The van der Waals surface area contributed by atoms with E-state index in [0.717, 1.165) is 51.6 Å². The molecule has 0 N–H and O–H groups in total. The maximum absolute atomic E-state index is 6.02. The van der Waals surface area contributed by atoms with Gasteiger partial charge in [0.1, 0.15) is 0 Å². The van der Waals surface area contributed by atoms with Crippen molar-refractivity contribution in [1.82, 2.24) is 0 Å². The number of unbranched alkanes of at least 4 members (excludes halogenated alkanes) is 5. The first-order chi connectivity index (χ1) is 14.7. The van der Waals surface area contributed by atoms with E-state index >= 15 is 0 Å². The third kappa shape index (κ3) is 14.1. The minimum absolute atomic E-state index is 0.364. The van der Waals surface area contributed by atoms with E-state index in [1.54, 1.807) is 20.5 Å². The summed E-state index contributed by atoms with van der Waals surface area (Å²) in [6, 6.07) is 0. The van der Waals surface area contributed by atoms with Crippen molar-refractivity contribution in [1.29, 1.82) is 0 Å². The van der Waals surface area contributed by atoms with Crippen LogP contribution >= 0.6 is 0 Å². The van der Waals surface area contributed by atoms with E-state index < -0.39 is 5.79 Å². The quantitative estimate of drug-likeness (QED) is 0.101. The fourth-order valence-corrected chi connectivity index (χ4v) is 3.86. The molecule has 0 heterocycles. The maximum Gasteiger partial charge on any atom is 0.170 e. The van der Waals surface area contributed by atoms with E-state index in [4.69, 9.17) is 18.9 Å². The largest absolute Gasteiger partial charge is 0.502 e. The van der Waals surface area contributed by atoms with Crippen molar-refractivity contribution in [3.05, 3.63) is 24.7 Å². The van der Waals surface area contributed by atoms with Gasteiger partial charge in [-0.05, 0) is 38.5 Å². The van der Waals surface area contributed by atoms with Gasteiger partial charge in [-0.25, -0.2) is 0 Å². The Kier molecular flexibility index (Phi) is 20.5. The molecule has 0 spiro atoms. The number of rotatable bonds is 22. The lowest BCUT2D eigenvalue weighted by molar-refractivity contribution is -0.248. The van der Waals surface area contributed by atoms with Gasteiger partial charge in [0.2, 0.25) is 0 Å². The SMILES string of the molecule is CCC=COCCCC(CCCCCCCC)C(CCCOC=CCC)(OC)OC. The highest BCUT2D eigenvalue weighted by Gasteiger charge is 2.38. The van der Waals surface area contributed by atoms with Crippen LogP contribution in [0.25, 0.3) is 0 Å². The summed E-state index contributed by atoms with van der Waals surface area (Å²) in [7, 11) is 3.58. The summed E-state index contributed by atoms with van der Waals surface area (Å²) in [6.07, 6.45) is 22.5. The van der Waals surface area contributed by atoms with Crippen LogP contribution in [0.4, 0.5) is 0 Å². The Morgan fingerprint density at radius 2 is 1.20 bits per heavy atom. The van der Waals surface area contributed by atoms with Gasteiger partial charge in [-0.3, -0.25) is 0 Å². The molecule has 0 aromatic heterocycles. The summed E-state index contributed by atoms with van der Waals surface area (Å²) in [4.78, 5) is 0. The molecule has 1 atom stereocenters. The molecule has 0 amide bonds. The van der Waals surface area contributed by atoms with Gasteiger partial charge in [-0.1, -0.05) is 71.4 Å². The lowest BCUT2D eigenvalue weighted by Gasteiger charge is -2.39. The van der Waals surface area contributed by atoms with Crippen LogP contribution in [0.15, 0.2) is 24.7 Å². The molecular weight excluding hydrogens is 376 g/mol. The maximum atomic E-state index is 6.02. The zero-order valence-electron chi connectivity index (χ0n) is 20.6. The zero-order chi connectivity index (χ0) is 22.3. The Morgan fingerprint density at radius 1 is 0.667 bits per heavy atom. The summed E-state index contributed by atoms with van der Waals surface area (Å²) >= 11 is 0. The minimum atomic E-state index is -0.541. The number of allylic oxidation sites excluding steroid dienone is 2. The molecule has 0 bridgehead atoms. The van der Waals surface area contributed by atoms with Gasteiger partial charge in [0.15, 0.2) is 5.79 Å². The van der Waals surface area contributed by atoms with Crippen LogP contribution in [0.5, 0.6) is 0 Å². The molecule has 0 radical (unpaired) electrons. The number of ether oxygens (including phenoxy) is 4. The molecule has 4 nitrogen and oxygen atoms in total. The first kappa shape index (κ1) is 29.0. The van der Waals surface area contributed by atoms with E-state index in [1.165, 1.54) is 38.5 Å². The van der Waals surface area contributed by atoms with Crippen molar-refractivity contribution in [2.75, 3.05) is 27.4 Å². The highest BCUT2D eigenvalue weighted by Crippen LogP contribution is 2.35. The zero-order valence-corrected chi connectivity index (χ0v) is 20.6. The van der Waals surface area contributed by atoms with E-state index in [-0.39, 0.29) is 0 Å². The molecule has 0 aliphatic heterocycles. The van der Waals surface area contributed by atoms with Crippen molar-refractivity contribution in [2.24, 2.45) is 5.92 Å². The van der Waals surface area contributed by atoms with Crippen molar-refractivity contribution >= 4 is 0 Å². The second-order valence-corrected chi connectivity index (χ2v) is 8.02. The topological polar surface area (TPSA) is 36.9 Å².